The first kappa shape index (κ1) is 16.1. The molecule has 1 aromatic rings. The predicted molar refractivity (Wildman–Crippen MR) is 80.1 cm³/mol. The molecule has 1 aliphatic heterocycles. The summed E-state index contributed by atoms with van der Waals surface area (Å²) in [5.41, 5.74) is 5.99. The number of carbonyl (C=O) groups is 2. The van der Waals surface area contributed by atoms with E-state index in [0.29, 0.717) is 17.1 Å². The van der Waals surface area contributed by atoms with E-state index in [1.807, 2.05) is 0 Å². The maximum atomic E-state index is 11.6. The van der Waals surface area contributed by atoms with Gasteiger partial charge in [0, 0.05) is 11.8 Å². The van der Waals surface area contributed by atoms with Crippen LogP contribution in [0.15, 0.2) is 35.5 Å². The first-order valence-corrected chi connectivity index (χ1v) is 6.65. The molecule has 1 aromatic carbocycles. The predicted octanol–water partition coefficient (Wildman–Crippen LogP) is 1.30. The van der Waals surface area contributed by atoms with Gasteiger partial charge in [0.15, 0.2) is 18.1 Å². The number of rotatable bonds is 5. The van der Waals surface area contributed by atoms with Gasteiger partial charge in [0.05, 0.1) is 0 Å². The smallest absolute Gasteiger partial charge is 0.331 e. The standard InChI is InChI=1S/C16H14N2O5/c1-10(18)12(7-17)13(19)8-21-16(20)5-3-11-2-4-14-15(6-11)23-9-22-14/h2-6H,8-9,18H2,1H3/b5-3+,12-10+. The molecule has 0 aliphatic carbocycles. The maximum Gasteiger partial charge on any atom is 0.331 e. The summed E-state index contributed by atoms with van der Waals surface area (Å²) < 4.78 is 15.2. The van der Waals surface area contributed by atoms with Crippen molar-refractivity contribution >= 4 is 17.8 Å². The number of ether oxygens (including phenoxy) is 3. The number of nitrogens with two attached hydrogens (primary N) is 1. The molecule has 2 N–H and O–H groups in total. The molecule has 0 saturated heterocycles. The Morgan fingerprint density at radius 3 is 2.83 bits per heavy atom. The van der Waals surface area contributed by atoms with Crippen molar-refractivity contribution in [2.45, 2.75) is 6.92 Å². The Bertz CT molecular complexity index is 739. The van der Waals surface area contributed by atoms with Gasteiger partial charge in [-0.25, -0.2) is 4.79 Å². The van der Waals surface area contributed by atoms with Crippen molar-refractivity contribution in [1.29, 1.82) is 5.26 Å². The van der Waals surface area contributed by atoms with Gasteiger partial charge in [-0.15, -0.1) is 0 Å². The molecule has 0 aromatic heterocycles. The summed E-state index contributed by atoms with van der Waals surface area (Å²) in [4.78, 5) is 23.2. The van der Waals surface area contributed by atoms with Gasteiger partial charge in [-0.3, -0.25) is 4.79 Å². The minimum absolute atomic E-state index is 0.0875. The fourth-order valence-electron chi connectivity index (χ4n) is 1.81. The van der Waals surface area contributed by atoms with Crippen LogP contribution in [0.25, 0.3) is 6.08 Å². The van der Waals surface area contributed by atoms with Crippen LogP contribution < -0.4 is 15.2 Å². The number of nitrogens with zero attached hydrogens (tertiary/aromatic N) is 1. The van der Waals surface area contributed by atoms with Gasteiger partial charge < -0.3 is 19.9 Å². The number of Topliss-reactive ketones (excluding diaryl/α,β-unsaturated/α-hetero) is 1. The van der Waals surface area contributed by atoms with Gasteiger partial charge in [-0.1, -0.05) is 6.07 Å². The Kier molecular flexibility index (Phi) is 5.00. The molecule has 0 bridgehead atoms. The van der Waals surface area contributed by atoms with Crippen molar-refractivity contribution in [3.8, 4) is 17.6 Å². The highest BCUT2D eigenvalue weighted by atomic mass is 16.7. The van der Waals surface area contributed by atoms with Crippen LogP contribution in [-0.4, -0.2) is 25.2 Å². The quantitative estimate of drug-likeness (QED) is 0.495. The van der Waals surface area contributed by atoms with E-state index in [1.54, 1.807) is 24.3 Å². The van der Waals surface area contributed by atoms with Gasteiger partial charge in [-0.2, -0.15) is 5.26 Å². The second-order valence-corrected chi connectivity index (χ2v) is 4.65. The van der Waals surface area contributed by atoms with Crippen LogP contribution in [-0.2, 0) is 14.3 Å². The van der Waals surface area contributed by atoms with Crippen LogP contribution in [0.5, 0.6) is 11.5 Å². The van der Waals surface area contributed by atoms with Crippen LogP contribution in [0.1, 0.15) is 12.5 Å². The average Bonchev–Trinajstić information content (AvgIpc) is 2.98. The number of esters is 1. The Morgan fingerprint density at radius 2 is 2.13 bits per heavy atom. The lowest BCUT2D eigenvalue weighted by atomic mass is 10.1. The van der Waals surface area contributed by atoms with Gasteiger partial charge in [0.25, 0.3) is 0 Å². The number of hydrogen-bond acceptors (Lipinski definition) is 7. The minimum Gasteiger partial charge on any atom is -0.454 e. The molecule has 0 saturated carbocycles. The third-order valence-electron chi connectivity index (χ3n) is 2.94. The Morgan fingerprint density at radius 1 is 1.39 bits per heavy atom. The zero-order valence-electron chi connectivity index (χ0n) is 12.4. The number of benzene rings is 1. The highest BCUT2D eigenvalue weighted by Gasteiger charge is 2.14. The van der Waals surface area contributed by atoms with Crippen molar-refractivity contribution < 1.29 is 23.8 Å². The van der Waals surface area contributed by atoms with E-state index in [-0.39, 0.29) is 18.1 Å². The van der Waals surface area contributed by atoms with Crippen LogP contribution in [0.4, 0.5) is 0 Å². The first-order valence-electron chi connectivity index (χ1n) is 6.65. The summed E-state index contributed by atoms with van der Waals surface area (Å²) in [6, 6.07) is 6.86. The average molecular weight is 314 g/mol. The number of fused-ring (bicyclic) bond motifs is 1. The van der Waals surface area contributed by atoms with Crippen LogP contribution in [0.2, 0.25) is 0 Å². The summed E-state index contributed by atoms with van der Waals surface area (Å²) in [5.74, 6) is -0.110. The summed E-state index contributed by atoms with van der Waals surface area (Å²) in [6.07, 6.45) is 2.69. The van der Waals surface area contributed by atoms with E-state index in [0.717, 1.165) is 0 Å². The number of carbonyl (C=O) groups excluding carboxylic acids is 2. The lowest BCUT2D eigenvalue weighted by molar-refractivity contribution is -0.141. The lowest BCUT2D eigenvalue weighted by Crippen LogP contribution is -2.16. The Hall–Kier alpha value is -3.27. The second kappa shape index (κ2) is 7.13. The van der Waals surface area contributed by atoms with Crippen LogP contribution in [0.3, 0.4) is 0 Å². The zero-order chi connectivity index (χ0) is 16.8. The lowest BCUT2D eigenvalue weighted by Gasteiger charge is -2.02. The van der Waals surface area contributed by atoms with E-state index in [9.17, 15) is 9.59 Å². The van der Waals surface area contributed by atoms with E-state index in [4.69, 9.17) is 25.2 Å². The summed E-state index contributed by atoms with van der Waals surface area (Å²) in [5, 5.41) is 8.78. The molecule has 7 nitrogen and oxygen atoms in total. The van der Waals surface area contributed by atoms with Crippen molar-refractivity contribution in [2.75, 3.05) is 13.4 Å². The Labute approximate surface area is 132 Å². The molecule has 0 fully saturated rings. The number of ketones is 1. The minimum atomic E-state index is -0.706. The second-order valence-electron chi connectivity index (χ2n) is 4.65. The summed E-state index contributed by atoms with van der Waals surface area (Å²) >= 11 is 0. The van der Waals surface area contributed by atoms with Crippen molar-refractivity contribution in [2.24, 2.45) is 5.73 Å². The van der Waals surface area contributed by atoms with Crippen LogP contribution >= 0.6 is 0 Å². The molecule has 2 rings (SSSR count). The monoisotopic (exact) mass is 314 g/mol. The van der Waals surface area contributed by atoms with E-state index >= 15 is 0 Å². The van der Waals surface area contributed by atoms with Crippen molar-refractivity contribution in [3.63, 3.8) is 0 Å². The third-order valence-corrected chi connectivity index (χ3v) is 2.94. The molecular weight excluding hydrogens is 300 g/mol. The highest BCUT2D eigenvalue weighted by Crippen LogP contribution is 2.32. The molecule has 0 amide bonds. The van der Waals surface area contributed by atoms with E-state index in [1.165, 1.54) is 19.1 Å². The molecule has 0 atom stereocenters. The number of hydrogen-bond donors (Lipinski definition) is 1. The molecule has 118 valence electrons. The first-order chi connectivity index (χ1) is 11.0. The van der Waals surface area contributed by atoms with Gasteiger partial charge in [0.1, 0.15) is 11.6 Å². The molecule has 1 heterocycles. The molecule has 0 radical (unpaired) electrons. The highest BCUT2D eigenvalue weighted by molar-refractivity contribution is 6.01. The topological polar surface area (TPSA) is 112 Å². The fraction of sp³-hybridized carbons (Fsp3) is 0.188. The summed E-state index contributed by atoms with van der Waals surface area (Å²) in [7, 11) is 0. The number of nitriles is 1. The SMILES string of the molecule is C/C(N)=C(/C#N)C(=O)COC(=O)/C=C/c1ccc2c(c1)OCO2. The zero-order valence-corrected chi connectivity index (χ0v) is 12.4. The number of allylic oxidation sites excluding steroid dienone is 1. The van der Waals surface area contributed by atoms with Crippen molar-refractivity contribution in [3.05, 3.63) is 41.1 Å². The van der Waals surface area contributed by atoms with Crippen LogP contribution in [0, 0.1) is 11.3 Å². The van der Waals surface area contributed by atoms with Gasteiger partial charge in [0.2, 0.25) is 12.6 Å². The molecular formula is C16H14N2O5. The largest absolute Gasteiger partial charge is 0.454 e. The summed E-state index contributed by atoms with van der Waals surface area (Å²) in [6.45, 7) is 1.06. The molecule has 1 aliphatic rings. The maximum absolute atomic E-state index is 11.6. The van der Waals surface area contributed by atoms with E-state index in [2.05, 4.69) is 0 Å². The van der Waals surface area contributed by atoms with Crippen molar-refractivity contribution in [1.82, 2.24) is 0 Å². The molecule has 23 heavy (non-hydrogen) atoms. The van der Waals surface area contributed by atoms with E-state index < -0.39 is 18.4 Å². The molecule has 0 spiro atoms. The normalized spacial score (nSPS) is 13.4. The molecule has 0 unspecified atom stereocenters. The van der Waals surface area contributed by atoms with Gasteiger partial charge in [-0.05, 0) is 30.7 Å². The Balaban J connectivity index is 1.91. The third kappa shape index (κ3) is 4.11. The fourth-order valence-corrected chi connectivity index (χ4v) is 1.81. The van der Waals surface area contributed by atoms with Gasteiger partial charge >= 0.3 is 5.97 Å². The molecule has 7 heteroatoms.